The van der Waals surface area contributed by atoms with Gasteiger partial charge in [-0.05, 0) is 65.4 Å². The Morgan fingerprint density at radius 1 is 1.06 bits per heavy atom. The number of hydrogen-bond donors (Lipinski definition) is 2. The van der Waals surface area contributed by atoms with Gasteiger partial charge in [-0.1, -0.05) is 79.7 Å². The van der Waals surface area contributed by atoms with E-state index in [-0.39, 0.29) is 52.1 Å². The van der Waals surface area contributed by atoms with Crippen molar-refractivity contribution in [1.29, 1.82) is 0 Å². The Labute approximate surface area is 304 Å². The minimum Gasteiger partial charge on any atom is -0.491 e. The van der Waals surface area contributed by atoms with Crippen LogP contribution in [-0.2, 0) is 18.4 Å². The largest absolute Gasteiger partial charge is 0.491 e. The Hall–Kier alpha value is -2.85. The Balaban J connectivity index is 1.68. The van der Waals surface area contributed by atoms with Crippen LogP contribution in [0, 0.1) is 12.8 Å². The second kappa shape index (κ2) is 15.0. The first-order valence-electron chi connectivity index (χ1n) is 17.6. The van der Waals surface area contributed by atoms with Gasteiger partial charge in [-0.15, -0.1) is 11.3 Å². The topological polar surface area (TPSA) is 127 Å². The lowest BCUT2D eigenvalue weighted by atomic mass is 9.91. The van der Waals surface area contributed by atoms with Crippen molar-refractivity contribution in [2.45, 2.75) is 129 Å². The number of carbonyl (C=O) groups excluding carboxylic acids is 2. The predicted octanol–water partition coefficient (Wildman–Crippen LogP) is 8.42. The van der Waals surface area contributed by atoms with E-state index in [4.69, 9.17) is 13.4 Å². The summed E-state index contributed by atoms with van der Waals surface area (Å²) in [6.45, 7) is 28.3. The fourth-order valence-corrected chi connectivity index (χ4v) is 8.94. The molecule has 0 bridgehead atoms. The van der Waals surface area contributed by atoms with Crippen LogP contribution in [0.2, 0.25) is 36.3 Å². The zero-order valence-electron chi connectivity index (χ0n) is 32.2. The maximum Gasteiger partial charge on any atom is 0.251 e. The van der Waals surface area contributed by atoms with Crippen LogP contribution in [0.25, 0.3) is 10.4 Å². The lowest BCUT2D eigenvalue weighted by Gasteiger charge is -2.38. The number of nitrogens with zero attached hydrogens (tertiary/aromatic N) is 3. The summed E-state index contributed by atoms with van der Waals surface area (Å²) in [7, 11) is -4.40. The highest BCUT2D eigenvalue weighted by atomic mass is 32.1. The Bertz CT molecular complexity index is 1620. The van der Waals surface area contributed by atoms with Crippen LogP contribution in [0.1, 0.15) is 90.8 Å². The van der Waals surface area contributed by atoms with Gasteiger partial charge in [-0.25, -0.2) is 4.98 Å². The SMILES string of the molecule is Cc1ncsc1-c1ccc([C@H](CO[Si](C)(C)C(C)(C)C)NC(=O)[C@@H]2CC(O[Si](C)(C)C(C)(C)C)CN2C(=O)C(c2cc(O)no2)C(C)C)cc1. The molecule has 276 valence electrons. The van der Waals surface area contributed by atoms with Gasteiger partial charge in [-0.3, -0.25) is 9.59 Å². The quantitative estimate of drug-likeness (QED) is 0.177. The number of aryl methyl sites for hydroxylation is 1. The van der Waals surface area contributed by atoms with Crippen molar-refractivity contribution < 1.29 is 28.1 Å². The van der Waals surface area contributed by atoms with E-state index in [1.807, 2.05) is 38.4 Å². The van der Waals surface area contributed by atoms with E-state index in [2.05, 4.69) is 95.3 Å². The molecule has 3 aromatic rings. The summed E-state index contributed by atoms with van der Waals surface area (Å²) in [4.78, 5) is 36.1. The summed E-state index contributed by atoms with van der Waals surface area (Å²) in [5.74, 6) is -1.43. The Morgan fingerprint density at radius 3 is 2.18 bits per heavy atom. The molecule has 2 aromatic heterocycles. The molecule has 2 amide bonds. The number of aromatic nitrogens is 2. The molecule has 10 nitrogen and oxygen atoms in total. The second-order valence-electron chi connectivity index (χ2n) is 17.1. The molecule has 13 heteroatoms. The van der Waals surface area contributed by atoms with Crippen molar-refractivity contribution in [3.8, 4) is 16.3 Å². The van der Waals surface area contributed by atoms with Crippen LogP contribution in [0.3, 0.4) is 0 Å². The number of carbonyl (C=O) groups is 2. The average Bonchev–Trinajstić information content (AvgIpc) is 3.73. The van der Waals surface area contributed by atoms with Gasteiger partial charge < -0.3 is 28.7 Å². The van der Waals surface area contributed by atoms with Gasteiger partial charge in [0.25, 0.3) is 5.88 Å². The monoisotopic (exact) mass is 742 g/mol. The molecule has 1 fully saturated rings. The zero-order valence-corrected chi connectivity index (χ0v) is 35.0. The van der Waals surface area contributed by atoms with E-state index < -0.39 is 34.6 Å². The minimum atomic E-state index is -2.23. The smallest absolute Gasteiger partial charge is 0.251 e. The molecule has 0 radical (unpaired) electrons. The molecule has 1 saturated heterocycles. The third kappa shape index (κ3) is 8.95. The number of thiazole rings is 1. The van der Waals surface area contributed by atoms with E-state index in [0.29, 0.717) is 13.0 Å². The summed E-state index contributed by atoms with van der Waals surface area (Å²) < 4.78 is 18.9. The molecule has 4 rings (SSSR count). The fourth-order valence-electron chi connectivity index (χ4n) is 5.75. The van der Waals surface area contributed by atoms with Crippen molar-refractivity contribution in [3.63, 3.8) is 0 Å². The summed E-state index contributed by atoms with van der Waals surface area (Å²) in [6, 6.07) is 8.37. The minimum absolute atomic E-state index is 0.0148. The molecule has 0 aliphatic carbocycles. The summed E-state index contributed by atoms with van der Waals surface area (Å²) in [6.07, 6.45) is 0.0612. The second-order valence-corrected chi connectivity index (χ2v) is 27.5. The molecule has 1 aliphatic rings. The van der Waals surface area contributed by atoms with Crippen LogP contribution in [0.15, 0.2) is 40.4 Å². The first-order valence-corrected chi connectivity index (χ1v) is 24.3. The Kier molecular flexibility index (Phi) is 12.0. The normalized spacial score (nSPS) is 18.8. The molecule has 4 atom stereocenters. The van der Waals surface area contributed by atoms with Crippen molar-refractivity contribution in [3.05, 3.63) is 52.9 Å². The number of benzene rings is 1. The summed E-state index contributed by atoms with van der Waals surface area (Å²) in [5.41, 5.74) is 4.82. The van der Waals surface area contributed by atoms with Crippen molar-refractivity contribution in [2.75, 3.05) is 13.2 Å². The van der Waals surface area contributed by atoms with E-state index in [0.717, 1.165) is 21.7 Å². The lowest BCUT2D eigenvalue weighted by molar-refractivity contribution is -0.141. The van der Waals surface area contributed by atoms with Gasteiger partial charge in [0, 0.05) is 19.0 Å². The summed E-state index contributed by atoms with van der Waals surface area (Å²) in [5, 5.41) is 16.8. The molecule has 1 aromatic carbocycles. The van der Waals surface area contributed by atoms with E-state index >= 15 is 0 Å². The first kappa shape index (κ1) is 39.9. The number of aromatic hydroxyl groups is 1. The zero-order chi connectivity index (χ0) is 37.4. The number of likely N-dealkylation sites (tertiary alicyclic amines) is 1. The molecule has 2 N–H and O–H groups in total. The molecule has 0 saturated carbocycles. The molecular weight excluding hydrogens is 685 g/mol. The van der Waals surface area contributed by atoms with E-state index in [1.165, 1.54) is 6.07 Å². The third-order valence-electron chi connectivity index (χ3n) is 10.9. The average molecular weight is 743 g/mol. The first-order chi connectivity index (χ1) is 23.0. The van der Waals surface area contributed by atoms with Crippen molar-refractivity contribution in [1.82, 2.24) is 20.4 Å². The molecule has 1 aliphatic heterocycles. The van der Waals surface area contributed by atoms with Crippen LogP contribution in [-0.4, -0.2) is 73.9 Å². The standard InChI is InChI=1S/C37H58N4O6SSi2/c1-23(2)32(30-19-31(42)40-46-30)35(44)41-20-27(47-50(12,13)37(7,8)9)18-29(41)34(43)39-28(21-45-49(10,11)36(4,5)6)25-14-16-26(17-15-25)33-24(3)38-22-48-33/h14-17,19,22-23,27-29,32H,18,20-21H2,1-13H3,(H,39,43)(H,40,42)/t27?,28-,29-,32?/m0/s1. The number of nitrogens with one attached hydrogen (secondary N) is 1. The third-order valence-corrected chi connectivity index (χ3v) is 20.9. The molecule has 3 heterocycles. The molecule has 50 heavy (non-hydrogen) atoms. The fraction of sp³-hybridized carbons (Fsp3) is 0.622. The van der Waals surface area contributed by atoms with Gasteiger partial charge in [-0.2, -0.15) is 0 Å². The number of rotatable bonds is 12. The highest BCUT2D eigenvalue weighted by molar-refractivity contribution is 7.13. The summed E-state index contributed by atoms with van der Waals surface area (Å²) >= 11 is 1.60. The van der Waals surface area contributed by atoms with Gasteiger partial charge in [0.2, 0.25) is 11.8 Å². The Morgan fingerprint density at radius 2 is 1.68 bits per heavy atom. The molecular formula is C37H58N4O6SSi2. The highest BCUT2D eigenvalue weighted by Gasteiger charge is 2.48. The van der Waals surface area contributed by atoms with Crippen LogP contribution >= 0.6 is 11.3 Å². The van der Waals surface area contributed by atoms with Gasteiger partial charge >= 0.3 is 0 Å². The maximum atomic E-state index is 14.5. The molecule has 0 spiro atoms. The van der Waals surface area contributed by atoms with E-state index in [1.54, 1.807) is 16.2 Å². The highest BCUT2D eigenvalue weighted by Crippen LogP contribution is 2.41. The van der Waals surface area contributed by atoms with Gasteiger partial charge in [0.05, 0.1) is 34.8 Å². The van der Waals surface area contributed by atoms with Crippen LogP contribution in [0.4, 0.5) is 0 Å². The number of hydrogen-bond acceptors (Lipinski definition) is 9. The predicted molar refractivity (Wildman–Crippen MR) is 204 cm³/mol. The van der Waals surface area contributed by atoms with E-state index in [9.17, 15) is 14.7 Å². The molecule has 2 unspecified atom stereocenters. The van der Waals surface area contributed by atoms with Gasteiger partial charge in [0.1, 0.15) is 12.0 Å². The van der Waals surface area contributed by atoms with Crippen molar-refractivity contribution in [2.24, 2.45) is 5.92 Å². The lowest BCUT2D eigenvalue weighted by Crippen LogP contribution is -2.50. The van der Waals surface area contributed by atoms with Crippen LogP contribution < -0.4 is 5.32 Å². The van der Waals surface area contributed by atoms with Crippen molar-refractivity contribution >= 4 is 39.8 Å². The van der Waals surface area contributed by atoms with Gasteiger partial charge in [0.15, 0.2) is 22.4 Å². The maximum absolute atomic E-state index is 14.5. The van der Waals surface area contributed by atoms with Crippen LogP contribution in [0.5, 0.6) is 5.88 Å². The number of amides is 2.